The molecule has 2 heterocycles. The van der Waals surface area contributed by atoms with Crippen molar-refractivity contribution >= 4 is 5.91 Å². The van der Waals surface area contributed by atoms with Crippen LogP contribution in [0.25, 0.3) is 0 Å². The standard InChI is InChI=1S/C18H25NO4/c1-2-21-13-14-8-10-19(12-14)17(20)16-9-11-22-18(23-16)15-6-4-3-5-7-15/h3-7,14,16,18H,2,8-13H2,1H3/t14-,16+,18-/m1/s1. The Hall–Kier alpha value is -1.43. The maximum Gasteiger partial charge on any atom is 0.251 e. The van der Waals surface area contributed by atoms with Gasteiger partial charge in [-0.2, -0.15) is 0 Å². The van der Waals surface area contributed by atoms with E-state index in [-0.39, 0.29) is 5.91 Å². The van der Waals surface area contributed by atoms with E-state index in [0.717, 1.165) is 38.3 Å². The van der Waals surface area contributed by atoms with Gasteiger partial charge in [-0.15, -0.1) is 0 Å². The second kappa shape index (κ2) is 7.90. The third-order valence-corrected chi connectivity index (χ3v) is 4.44. The summed E-state index contributed by atoms with van der Waals surface area (Å²) in [5.41, 5.74) is 0.959. The fourth-order valence-corrected chi connectivity index (χ4v) is 3.16. The highest BCUT2D eigenvalue weighted by molar-refractivity contribution is 5.81. The van der Waals surface area contributed by atoms with Gasteiger partial charge in [-0.1, -0.05) is 30.3 Å². The van der Waals surface area contributed by atoms with Crippen molar-refractivity contribution in [3.8, 4) is 0 Å². The van der Waals surface area contributed by atoms with Crippen molar-refractivity contribution in [3.05, 3.63) is 35.9 Å². The van der Waals surface area contributed by atoms with Crippen LogP contribution in [0, 0.1) is 5.92 Å². The van der Waals surface area contributed by atoms with Gasteiger partial charge in [0.05, 0.1) is 13.2 Å². The van der Waals surface area contributed by atoms with E-state index in [1.807, 2.05) is 42.2 Å². The summed E-state index contributed by atoms with van der Waals surface area (Å²) in [5, 5.41) is 0. The van der Waals surface area contributed by atoms with Crippen LogP contribution in [0.1, 0.15) is 31.6 Å². The normalized spacial score (nSPS) is 28.0. The smallest absolute Gasteiger partial charge is 0.251 e. The summed E-state index contributed by atoms with van der Waals surface area (Å²) in [7, 11) is 0. The first-order valence-corrected chi connectivity index (χ1v) is 8.46. The minimum atomic E-state index is -0.444. The maximum atomic E-state index is 12.7. The average molecular weight is 319 g/mol. The zero-order valence-electron chi connectivity index (χ0n) is 13.6. The molecule has 2 aliphatic heterocycles. The predicted molar refractivity (Wildman–Crippen MR) is 85.8 cm³/mol. The lowest BCUT2D eigenvalue weighted by molar-refractivity contribution is -0.220. The summed E-state index contributed by atoms with van der Waals surface area (Å²) < 4.78 is 17.1. The highest BCUT2D eigenvalue weighted by Gasteiger charge is 2.35. The third-order valence-electron chi connectivity index (χ3n) is 4.44. The second-order valence-corrected chi connectivity index (χ2v) is 6.13. The quantitative estimate of drug-likeness (QED) is 0.836. The molecule has 3 rings (SSSR count). The lowest BCUT2D eigenvalue weighted by Gasteiger charge is -2.32. The third kappa shape index (κ3) is 4.10. The Morgan fingerprint density at radius 2 is 2.13 bits per heavy atom. The van der Waals surface area contributed by atoms with Gasteiger partial charge < -0.3 is 19.1 Å². The summed E-state index contributed by atoms with van der Waals surface area (Å²) in [5.74, 6) is 0.539. The number of rotatable bonds is 5. The number of amides is 1. The van der Waals surface area contributed by atoms with E-state index in [1.54, 1.807) is 0 Å². The summed E-state index contributed by atoms with van der Waals surface area (Å²) in [6, 6.07) is 9.78. The van der Waals surface area contributed by atoms with Crippen molar-refractivity contribution in [1.29, 1.82) is 0 Å². The van der Waals surface area contributed by atoms with Gasteiger partial charge in [0.25, 0.3) is 5.91 Å². The van der Waals surface area contributed by atoms with Crippen LogP contribution in [0.3, 0.4) is 0 Å². The molecule has 3 atom stereocenters. The monoisotopic (exact) mass is 319 g/mol. The zero-order valence-corrected chi connectivity index (χ0v) is 13.6. The van der Waals surface area contributed by atoms with Crippen LogP contribution in [0.5, 0.6) is 0 Å². The average Bonchev–Trinajstić information content (AvgIpc) is 3.09. The van der Waals surface area contributed by atoms with Crippen LogP contribution in [0.2, 0.25) is 0 Å². The Balaban J connectivity index is 1.55. The molecule has 0 radical (unpaired) electrons. The molecule has 0 N–H and O–H groups in total. The molecule has 0 unspecified atom stereocenters. The minimum Gasteiger partial charge on any atom is -0.381 e. The number of ether oxygens (including phenoxy) is 3. The Labute approximate surface area is 137 Å². The summed E-state index contributed by atoms with van der Waals surface area (Å²) in [6.45, 7) is 5.58. The van der Waals surface area contributed by atoms with Crippen LogP contribution >= 0.6 is 0 Å². The maximum absolute atomic E-state index is 12.7. The van der Waals surface area contributed by atoms with Crippen LogP contribution in [0.4, 0.5) is 0 Å². The molecular weight excluding hydrogens is 294 g/mol. The number of hydrogen-bond acceptors (Lipinski definition) is 4. The van der Waals surface area contributed by atoms with E-state index in [1.165, 1.54) is 0 Å². The molecule has 5 nitrogen and oxygen atoms in total. The molecule has 0 saturated carbocycles. The molecule has 5 heteroatoms. The van der Waals surface area contributed by atoms with Gasteiger partial charge in [0, 0.05) is 37.6 Å². The minimum absolute atomic E-state index is 0.0910. The fraction of sp³-hybridized carbons (Fsp3) is 0.611. The Morgan fingerprint density at radius 3 is 2.91 bits per heavy atom. The van der Waals surface area contributed by atoms with E-state index in [2.05, 4.69) is 0 Å². The topological polar surface area (TPSA) is 48.0 Å². The first-order chi connectivity index (χ1) is 11.3. The van der Waals surface area contributed by atoms with E-state index in [9.17, 15) is 4.79 Å². The van der Waals surface area contributed by atoms with Gasteiger partial charge in [-0.25, -0.2) is 0 Å². The highest BCUT2D eigenvalue weighted by atomic mass is 16.7. The lowest BCUT2D eigenvalue weighted by atomic mass is 10.1. The van der Waals surface area contributed by atoms with Gasteiger partial charge in [-0.05, 0) is 13.3 Å². The van der Waals surface area contributed by atoms with Crippen LogP contribution in [-0.4, -0.2) is 49.8 Å². The van der Waals surface area contributed by atoms with Gasteiger partial charge in [0.15, 0.2) is 6.29 Å². The second-order valence-electron chi connectivity index (χ2n) is 6.13. The molecular formula is C18H25NO4. The number of hydrogen-bond donors (Lipinski definition) is 0. The first-order valence-electron chi connectivity index (χ1n) is 8.46. The van der Waals surface area contributed by atoms with Crippen molar-refractivity contribution in [3.63, 3.8) is 0 Å². The number of nitrogens with zero attached hydrogens (tertiary/aromatic N) is 1. The van der Waals surface area contributed by atoms with Crippen molar-refractivity contribution in [2.45, 2.75) is 32.2 Å². The molecule has 1 aromatic rings. The molecule has 2 aliphatic rings. The summed E-state index contributed by atoms with van der Waals surface area (Å²) >= 11 is 0. The van der Waals surface area contributed by atoms with E-state index in [0.29, 0.717) is 18.9 Å². The molecule has 2 fully saturated rings. The fourth-order valence-electron chi connectivity index (χ4n) is 3.16. The first kappa shape index (κ1) is 16.4. The predicted octanol–water partition coefficient (Wildman–Crippen LogP) is 2.38. The molecule has 0 aliphatic carbocycles. The number of likely N-dealkylation sites (tertiary alicyclic amines) is 1. The number of carbonyl (C=O) groups excluding carboxylic acids is 1. The van der Waals surface area contributed by atoms with Crippen LogP contribution < -0.4 is 0 Å². The van der Waals surface area contributed by atoms with Crippen LogP contribution in [-0.2, 0) is 19.0 Å². The molecule has 126 valence electrons. The van der Waals surface area contributed by atoms with E-state index >= 15 is 0 Å². The van der Waals surface area contributed by atoms with Gasteiger partial charge in [0.1, 0.15) is 6.10 Å². The van der Waals surface area contributed by atoms with Gasteiger partial charge >= 0.3 is 0 Å². The highest BCUT2D eigenvalue weighted by Crippen LogP contribution is 2.28. The van der Waals surface area contributed by atoms with E-state index < -0.39 is 12.4 Å². The summed E-state index contributed by atoms with van der Waals surface area (Å²) in [4.78, 5) is 14.6. The lowest BCUT2D eigenvalue weighted by Crippen LogP contribution is -2.42. The summed E-state index contributed by atoms with van der Waals surface area (Å²) in [6.07, 6.45) is 0.784. The van der Waals surface area contributed by atoms with Crippen molar-refractivity contribution in [1.82, 2.24) is 4.90 Å². The SMILES string of the molecule is CCOC[C@@H]1CCN(C(=O)[C@@H]2CCO[C@@H](c3ccccc3)O2)C1. The number of carbonyl (C=O) groups is 1. The molecule has 1 amide bonds. The van der Waals surface area contributed by atoms with Gasteiger partial charge in [0.2, 0.25) is 0 Å². The Morgan fingerprint density at radius 1 is 1.30 bits per heavy atom. The van der Waals surface area contributed by atoms with E-state index in [4.69, 9.17) is 14.2 Å². The van der Waals surface area contributed by atoms with Gasteiger partial charge in [-0.3, -0.25) is 4.79 Å². The molecule has 23 heavy (non-hydrogen) atoms. The Bertz CT molecular complexity index is 507. The van der Waals surface area contributed by atoms with Crippen molar-refractivity contribution in [2.24, 2.45) is 5.92 Å². The number of benzene rings is 1. The largest absolute Gasteiger partial charge is 0.381 e. The van der Waals surface area contributed by atoms with Crippen molar-refractivity contribution < 1.29 is 19.0 Å². The molecule has 0 spiro atoms. The van der Waals surface area contributed by atoms with Crippen LogP contribution in [0.15, 0.2) is 30.3 Å². The van der Waals surface area contributed by atoms with Crippen molar-refractivity contribution in [2.75, 3.05) is 32.9 Å². The molecule has 2 saturated heterocycles. The zero-order chi connectivity index (χ0) is 16.1. The molecule has 1 aromatic carbocycles. The Kier molecular flexibility index (Phi) is 5.65. The molecule has 0 aromatic heterocycles. The molecule has 0 bridgehead atoms.